The first kappa shape index (κ1) is 24.9. The molecular formula is C24H42O4. The predicted molar refractivity (Wildman–Crippen MR) is 115 cm³/mol. The van der Waals surface area contributed by atoms with E-state index < -0.39 is 11.8 Å². The molecule has 0 aromatic heterocycles. The van der Waals surface area contributed by atoms with E-state index in [1.807, 2.05) is 0 Å². The number of rotatable bonds is 14. The maximum atomic E-state index is 10.7. The van der Waals surface area contributed by atoms with Crippen molar-refractivity contribution in [1.82, 2.24) is 0 Å². The van der Waals surface area contributed by atoms with Gasteiger partial charge in [-0.05, 0) is 56.3 Å². The fourth-order valence-electron chi connectivity index (χ4n) is 3.95. The summed E-state index contributed by atoms with van der Waals surface area (Å²) in [6.07, 6.45) is 21.2. The summed E-state index contributed by atoms with van der Waals surface area (Å²) in [5.74, 6) is -0.161. The minimum absolute atomic E-state index is 0.204. The van der Waals surface area contributed by atoms with Crippen molar-refractivity contribution in [2.75, 3.05) is 6.61 Å². The van der Waals surface area contributed by atoms with Crippen LogP contribution in [0, 0.1) is 17.8 Å². The Balaban J connectivity index is 2.23. The van der Waals surface area contributed by atoms with Crippen LogP contribution in [0.4, 0.5) is 0 Å². The number of esters is 1. The molecule has 0 saturated heterocycles. The Morgan fingerprint density at radius 3 is 2.71 bits per heavy atom. The molecule has 1 fully saturated rings. The summed E-state index contributed by atoms with van der Waals surface area (Å²) in [5.41, 5.74) is 0. The lowest BCUT2D eigenvalue weighted by molar-refractivity contribution is -0.204. The van der Waals surface area contributed by atoms with E-state index in [0.29, 0.717) is 12.3 Å². The van der Waals surface area contributed by atoms with Gasteiger partial charge in [-0.25, -0.2) is 0 Å². The van der Waals surface area contributed by atoms with Gasteiger partial charge in [0.2, 0.25) is 0 Å². The number of aliphatic hydroxyl groups is 2. The molecule has 28 heavy (non-hydrogen) atoms. The Kier molecular flexibility index (Phi) is 12.4. The van der Waals surface area contributed by atoms with Gasteiger partial charge < -0.3 is 14.9 Å². The van der Waals surface area contributed by atoms with Crippen molar-refractivity contribution in [1.29, 1.82) is 0 Å². The average Bonchev–Trinajstić information content (AvgIpc) is 3.08. The Bertz CT molecular complexity index is 481. The van der Waals surface area contributed by atoms with Crippen LogP contribution in [0.25, 0.3) is 0 Å². The number of allylic oxidation sites excluding steroid dienone is 4. The van der Waals surface area contributed by atoms with Gasteiger partial charge in [0.15, 0.2) is 5.79 Å². The summed E-state index contributed by atoms with van der Waals surface area (Å²) >= 11 is 0. The Labute approximate surface area is 172 Å². The number of hydrogen-bond donors (Lipinski definition) is 2. The molecule has 2 N–H and O–H groups in total. The highest BCUT2D eigenvalue weighted by molar-refractivity contribution is 5.65. The van der Waals surface area contributed by atoms with Gasteiger partial charge in [-0.3, -0.25) is 4.79 Å². The van der Waals surface area contributed by atoms with Crippen molar-refractivity contribution in [3.05, 3.63) is 24.3 Å². The second kappa shape index (κ2) is 13.9. The second-order valence-corrected chi connectivity index (χ2v) is 8.63. The van der Waals surface area contributed by atoms with Gasteiger partial charge in [0.05, 0.1) is 0 Å². The summed E-state index contributed by atoms with van der Waals surface area (Å²) in [5, 5.41) is 19.5. The summed E-state index contributed by atoms with van der Waals surface area (Å²) in [7, 11) is 0. The van der Waals surface area contributed by atoms with Crippen LogP contribution in [0.2, 0.25) is 0 Å². The van der Waals surface area contributed by atoms with E-state index in [-0.39, 0.29) is 13.0 Å². The molecular weight excluding hydrogens is 352 g/mol. The van der Waals surface area contributed by atoms with E-state index >= 15 is 0 Å². The van der Waals surface area contributed by atoms with E-state index in [1.54, 1.807) is 0 Å². The molecule has 0 aliphatic heterocycles. The standard InChI is InChI=1S/C24H42O4/c1-4-5-12-20(2)13-10-15-23-17-11-16-22(23)14-8-6-7-9-18-24(26,27)19-28-21(3)25/h6,8,10,15,20,22-23,26-27H,4-5,7,9,11-14,16-19H2,1-3H3/b8-6-,15-10+/t20-,22+,23+/m1/s1. The van der Waals surface area contributed by atoms with Crippen LogP contribution in [0.15, 0.2) is 24.3 Å². The molecule has 0 unspecified atom stereocenters. The fourth-order valence-corrected chi connectivity index (χ4v) is 3.95. The third-order valence-corrected chi connectivity index (χ3v) is 5.75. The molecule has 1 saturated carbocycles. The number of carbonyl (C=O) groups is 1. The molecule has 0 aromatic carbocycles. The quantitative estimate of drug-likeness (QED) is 0.176. The smallest absolute Gasteiger partial charge is 0.302 e. The Morgan fingerprint density at radius 2 is 2.00 bits per heavy atom. The molecule has 0 spiro atoms. The lowest BCUT2D eigenvalue weighted by Gasteiger charge is -2.20. The van der Waals surface area contributed by atoms with E-state index in [0.717, 1.165) is 24.7 Å². The van der Waals surface area contributed by atoms with Crippen molar-refractivity contribution in [2.45, 2.75) is 97.2 Å². The number of unbranched alkanes of at least 4 members (excludes halogenated alkanes) is 2. The van der Waals surface area contributed by atoms with Crippen LogP contribution >= 0.6 is 0 Å². The fraction of sp³-hybridized carbons (Fsp3) is 0.792. The predicted octanol–water partition coefficient (Wildman–Crippen LogP) is 5.54. The summed E-state index contributed by atoms with van der Waals surface area (Å²) < 4.78 is 4.67. The number of carbonyl (C=O) groups excluding carboxylic acids is 1. The average molecular weight is 395 g/mol. The van der Waals surface area contributed by atoms with Gasteiger partial charge in [0, 0.05) is 13.3 Å². The largest absolute Gasteiger partial charge is 0.460 e. The third kappa shape index (κ3) is 11.7. The molecule has 0 amide bonds. The zero-order chi connectivity index (χ0) is 20.8. The molecule has 0 aromatic rings. The lowest BCUT2D eigenvalue weighted by Crippen LogP contribution is -2.34. The first-order chi connectivity index (χ1) is 13.3. The normalized spacial score (nSPS) is 21.6. The highest BCUT2D eigenvalue weighted by Gasteiger charge is 2.24. The van der Waals surface area contributed by atoms with Gasteiger partial charge in [-0.15, -0.1) is 0 Å². The molecule has 162 valence electrons. The first-order valence-corrected chi connectivity index (χ1v) is 11.2. The topological polar surface area (TPSA) is 66.8 Å². The van der Waals surface area contributed by atoms with Crippen LogP contribution in [0.5, 0.6) is 0 Å². The van der Waals surface area contributed by atoms with Crippen LogP contribution in [-0.4, -0.2) is 28.6 Å². The summed E-state index contributed by atoms with van der Waals surface area (Å²) in [6.45, 7) is 5.51. The molecule has 1 rings (SSSR count). The van der Waals surface area contributed by atoms with Crippen LogP contribution < -0.4 is 0 Å². The van der Waals surface area contributed by atoms with Crippen molar-refractivity contribution < 1.29 is 19.7 Å². The second-order valence-electron chi connectivity index (χ2n) is 8.63. The van der Waals surface area contributed by atoms with E-state index in [1.165, 1.54) is 51.9 Å². The van der Waals surface area contributed by atoms with E-state index in [4.69, 9.17) is 0 Å². The lowest BCUT2D eigenvalue weighted by atomic mass is 9.91. The Hall–Kier alpha value is -1.13. The van der Waals surface area contributed by atoms with Crippen LogP contribution in [0.3, 0.4) is 0 Å². The van der Waals surface area contributed by atoms with Crippen molar-refractivity contribution >= 4 is 5.97 Å². The SMILES string of the molecule is CCCC[C@@H](C)C/C=C/[C@H]1CCC[C@@H]1C/C=C\CCCC(O)(O)COC(C)=O. The molecule has 3 atom stereocenters. The van der Waals surface area contributed by atoms with Crippen molar-refractivity contribution in [3.8, 4) is 0 Å². The maximum absolute atomic E-state index is 10.7. The zero-order valence-electron chi connectivity index (χ0n) is 18.2. The molecule has 0 heterocycles. The van der Waals surface area contributed by atoms with E-state index in [2.05, 4.69) is 42.9 Å². The van der Waals surface area contributed by atoms with Gasteiger partial charge in [-0.1, -0.05) is 63.8 Å². The van der Waals surface area contributed by atoms with Crippen molar-refractivity contribution in [3.63, 3.8) is 0 Å². The number of ether oxygens (including phenoxy) is 1. The van der Waals surface area contributed by atoms with Crippen molar-refractivity contribution in [2.24, 2.45) is 17.8 Å². The van der Waals surface area contributed by atoms with Gasteiger partial charge in [0.25, 0.3) is 0 Å². The molecule has 0 radical (unpaired) electrons. The van der Waals surface area contributed by atoms with E-state index in [9.17, 15) is 15.0 Å². The molecule has 1 aliphatic rings. The van der Waals surface area contributed by atoms with Gasteiger partial charge in [-0.2, -0.15) is 0 Å². The van der Waals surface area contributed by atoms with Gasteiger partial charge >= 0.3 is 5.97 Å². The summed E-state index contributed by atoms with van der Waals surface area (Å²) in [4.78, 5) is 10.7. The highest BCUT2D eigenvalue weighted by Crippen LogP contribution is 2.35. The van der Waals surface area contributed by atoms with Gasteiger partial charge in [0.1, 0.15) is 6.61 Å². The molecule has 4 nitrogen and oxygen atoms in total. The Morgan fingerprint density at radius 1 is 1.21 bits per heavy atom. The minimum Gasteiger partial charge on any atom is -0.460 e. The first-order valence-electron chi connectivity index (χ1n) is 11.2. The monoisotopic (exact) mass is 394 g/mol. The minimum atomic E-state index is -1.92. The molecule has 1 aliphatic carbocycles. The highest BCUT2D eigenvalue weighted by atomic mass is 16.6. The molecule has 4 heteroatoms. The maximum Gasteiger partial charge on any atom is 0.302 e. The third-order valence-electron chi connectivity index (χ3n) is 5.75. The zero-order valence-corrected chi connectivity index (χ0v) is 18.2. The number of hydrogen-bond acceptors (Lipinski definition) is 4. The molecule has 0 bridgehead atoms. The van der Waals surface area contributed by atoms with Crippen LogP contribution in [-0.2, 0) is 9.53 Å². The van der Waals surface area contributed by atoms with Crippen LogP contribution in [0.1, 0.15) is 91.4 Å². The summed E-state index contributed by atoms with van der Waals surface area (Å²) in [6, 6.07) is 0.